The normalized spacial score (nSPS) is 12.9. The lowest BCUT2D eigenvalue weighted by Gasteiger charge is -2.19. The van der Waals surface area contributed by atoms with Crippen LogP contribution in [0.5, 0.6) is 0 Å². The zero-order valence-electron chi connectivity index (χ0n) is 18.6. The fraction of sp³-hybridized carbons (Fsp3) is 0.435. The Morgan fingerprint density at radius 1 is 1.22 bits per heavy atom. The Morgan fingerprint density at radius 2 is 1.94 bits per heavy atom. The summed E-state index contributed by atoms with van der Waals surface area (Å²) in [5.74, 6) is -0.0952. The van der Waals surface area contributed by atoms with E-state index in [4.69, 9.17) is 0 Å². The van der Waals surface area contributed by atoms with E-state index in [0.717, 1.165) is 47.6 Å². The predicted octanol–water partition coefficient (Wildman–Crippen LogP) is 6.19. The van der Waals surface area contributed by atoms with Gasteiger partial charge in [0.25, 0.3) is 0 Å². The predicted molar refractivity (Wildman–Crippen MR) is 122 cm³/mol. The summed E-state index contributed by atoms with van der Waals surface area (Å²) >= 11 is 1.10. The van der Waals surface area contributed by atoms with Gasteiger partial charge in [0.15, 0.2) is 5.13 Å². The first-order chi connectivity index (χ1) is 15.0. The molecule has 0 saturated heterocycles. The van der Waals surface area contributed by atoms with Crippen molar-refractivity contribution in [1.29, 1.82) is 0 Å². The van der Waals surface area contributed by atoms with Crippen molar-refractivity contribution in [2.75, 3.05) is 4.90 Å². The highest BCUT2D eigenvalue weighted by Crippen LogP contribution is 2.35. The third-order valence-electron chi connectivity index (χ3n) is 4.66. The lowest BCUT2D eigenvalue weighted by atomic mass is 10.0. The van der Waals surface area contributed by atoms with Crippen molar-refractivity contribution < 1.29 is 22.8 Å². The van der Waals surface area contributed by atoms with E-state index in [1.807, 2.05) is 6.92 Å². The molecule has 0 aliphatic heterocycles. The molecule has 9 heteroatoms. The molecule has 32 heavy (non-hydrogen) atoms. The minimum atomic E-state index is -4.52. The van der Waals surface area contributed by atoms with Crippen LogP contribution in [0.25, 0.3) is 6.08 Å². The molecule has 0 saturated carbocycles. The lowest BCUT2D eigenvalue weighted by molar-refractivity contribution is -0.137. The number of nitrogens with one attached hydrogen (secondary N) is 1. The highest BCUT2D eigenvalue weighted by Gasteiger charge is 2.31. The van der Waals surface area contributed by atoms with E-state index in [1.54, 1.807) is 5.38 Å². The van der Waals surface area contributed by atoms with Crippen molar-refractivity contribution >= 4 is 40.0 Å². The smallest absolute Gasteiger partial charge is 0.350 e. The number of alkyl halides is 3. The van der Waals surface area contributed by atoms with Crippen LogP contribution in [0.1, 0.15) is 58.2 Å². The van der Waals surface area contributed by atoms with Gasteiger partial charge in [0.05, 0.1) is 16.9 Å². The monoisotopic (exact) mass is 467 g/mol. The Balaban J connectivity index is 2.08. The quantitative estimate of drug-likeness (QED) is 0.447. The molecule has 2 rings (SSSR count). The molecule has 0 bridgehead atoms. The molecule has 1 aromatic heterocycles. The van der Waals surface area contributed by atoms with Crippen LogP contribution in [0.15, 0.2) is 35.7 Å². The van der Waals surface area contributed by atoms with Crippen LogP contribution in [-0.4, -0.2) is 22.8 Å². The van der Waals surface area contributed by atoms with Gasteiger partial charge in [0, 0.05) is 24.4 Å². The summed E-state index contributed by atoms with van der Waals surface area (Å²) in [6, 6.07) is 4.56. The van der Waals surface area contributed by atoms with E-state index in [0.29, 0.717) is 11.6 Å². The number of aromatic nitrogens is 1. The first kappa shape index (κ1) is 25.6. The van der Waals surface area contributed by atoms with E-state index in [9.17, 15) is 22.8 Å². The Bertz CT molecular complexity index is 954. The summed E-state index contributed by atoms with van der Waals surface area (Å²) in [7, 11) is 0. The van der Waals surface area contributed by atoms with Crippen LogP contribution < -0.4 is 10.2 Å². The molecule has 0 fully saturated rings. The molecule has 5 nitrogen and oxygen atoms in total. The fourth-order valence-electron chi connectivity index (χ4n) is 3.06. The van der Waals surface area contributed by atoms with Gasteiger partial charge in [0.1, 0.15) is 0 Å². The molecule has 1 aromatic carbocycles. The third-order valence-corrected chi connectivity index (χ3v) is 5.50. The number of benzene rings is 1. The van der Waals surface area contributed by atoms with Crippen molar-refractivity contribution in [3.63, 3.8) is 0 Å². The topological polar surface area (TPSA) is 62.3 Å². The number of carbonyl (C=O) groups is 2. The highest BCUT2D eigenvalue weighted by molar-refractivity contribution is 7.14. The first-order valence-corrected chi connectivity index (χ1v) is 11.3. The zero-order valence-corrected chi connectivity index (χ0v) is 19.4. The average Bonchev–Trinajstić information content (AvgIpc) is 3.14. The molecule has 0 radical (unpaired) electrons. The van der Waals surface area contributed by atoms with Gasteiger partial charge >= 0.3 is 6.18 Å². The minimum Gasteiger partial charge on any atom is -0.350 e. The van der Waals surface area contributed by atoms with E-state index in [-0.39, 0.29) is 22.8 Å². The Morgan fingerprint density at radius 3 is 2.56 bits per heavy atom. The third kappa shape index (κ3) is 7.78. The number of rotatable bonds is 9. The van der Waals surface area contributed by atoms with Crippen molar-refractivity contribution in [3.05, 3.63) is 47.0 Å². The SMILES string of the molecule is CC(=O)N(c1cccc(C(F)(F)F)c1)c1nc(/C=C/C(=O)NC(C)CCCC(C)C)cs1. The van der Waals surface area contributed by atoms with Crippen LogP contribution in [0, 0.1) is 5.92 Å². The van der Waals surface area contributed by atoms with E-state index in [2.05, 4.69) is 24.1 Å². The van der Waals surface area contributed by atoms with Crippen LogP contribution in [0.2, 0.25) is 0 Å². The number of halogens is 3. The van der Waals surface area contributed by atoms with E-state index in [1.165, 1.54) is 31.2 Å². The molecular weight excluding hydrogens is 439 g/mol. The molecule has 0 aliphatic carbocycles. The van der Waals surface area contributed by atoms with Gasteiger partial charge in [-0.05, 0) is 43.5 Å². The van der Waals surface area contributed by atoms with Crippen molar-refractivity contribution in [2.24, 2.45) is 5.92 Å². The molecule has 2 aromatic rings. The van der Waals surface area contributed by atoms with Gasteiger partial charge in [-0.1, -0.05) is 32.8 Å². The maximum absolute atomic E-state index is 13.0. The standard InChI is InChI=1S/C23H28F3N3O2S/c1-15(2)7-5-8-16(3)27-21(31)12-11-19-14-32-22(28-19)29(17(4)30)20-10-6-9-18(13-20)23(24,25)26/h6,9-16H,5,7-8H2,1-4H3,(H,27,31)/b12-11+. The first-order valence-electron chi connectivity index (χ1n) is 10.4. The second-order valence-electron chi connectivity index (χ2n) is 8.03. The molecule has 1 atom stereocenters. The Kier molecular flexibility index (Phi) is 9.00. The summed E-state index contributed by atoms with van der Waals surface area (Å²) in [6.07, 6.45) is 1.39. The number of carbonyl (C=O) groups excluding carboxylic acids is 2. The molecule has 0 aliphatic rings. The molecule has 2 amide bonds. The molecule has 1 heterocycles. The number of hydrogen-bond acceptors (Lipinski definition) is 4. The van der Waals surface area contributed by atoms with Gasteiger partial charge in [-0.15, -0.1) is 11.3 Å². The van der Waals surface area contributed by atoms with Gasteiger partial charge in [-0.25, -0.2) is 4.98 Å². The summed E-state index contributed by atoms with van der Waals surface area (Å²) in [4.78, 5) is 29.7. The molecular formula is C23H28F3N3O2S. The highest BCUT2D eigenvalue weighted by atomic mass is 32.1. The average molecular weight is 468 g/mol. The maximum Gasteiger partial charge on any atom is 0.416 e. The van der Waals surface area contributed by atoms with Crippen molar-refractivity contribution in [1.82, 2.24) is 10.3 Å². The van der Waals surface area contributed by atoms with E-state index < -0.39 is 17.6 Å². The number of nitrogens with zero attached hydrogens (tertiary/aromatic N) is 2. The van der Waals surface area contributed by atoms with Gasteiger partial charge in [-0.2, -0.15) is 13.2 Å². The molecule has 0 spiro atoms. The molecule has 1 unspecified atom stereocenters. The second kappa shape index (κ2) is 11.3. The van der Waals surface area contributed by atoms with Gasteiger partial charge in [-0.3, -0.25) is 14.5 Å². The second-order valence-corrected chi connectivity index (χ2v) is 8.86. The largest absolute Gasteiger partial charge is 0.416 e. The summed E-state index contributed by atoms with van der Waals surface area (Å²) in [5, 5.41) is 4.75. The van der Waals surface area contributed by atoms with E-state index >= 15 is 0 Å². The Hall–Kier alpha value is -2.68. The molecule has 1 N–H and O–H groups in total. The lowest BCUT2D eigenvalue weighted by Crippen LogP contribution is -2.31. The minimum absolute atomic E-state index is 0.0472. The number of hydrogen-bond donors (Lipinski definition) is 1. The van der Waals surface area contributed by atoms with Crippen molar-refractivity contribution in [3.8, 4) is 0 Å². The number of amides is 2. The van der Waals surface area contributed by atoms with Crippen LogP contribution >= 0.6 is 11.3 Å². The molecule has 174 valence electrons. The van der Waals surface area contributed by atoms with Crippen molar-refractivity contribution in [2.45, 2.75) is 59.2 Å². The Labute approximate surface area is 190 Å². The number of thiazole rings is 1. The number of anilines is 2. The maximum atomic E-state index is 13.0. The fourth-order valence-corrected chi connectivity index (χ4v) is 3.92. The summed E-state index contributed by atoms with van der Waals surface area (Å²) in [6.45, 7) is 7.53. The van der Waals surface area contributed by atoms with Crippen LogP contribution in [0.3, 0.4) is 0 Å². The van der Waals surface area contributed by atoms with Gasteiger partial charge in [0.2, 0.25) is 11.8 Å². The van der Waals surface area contributed by atoms with Crippen LogP contribution in [0.4, 0.5) is 24.0 Å². The summed E-state index contributed by atoms with van der Waals surface area (Å²) < 4.78 is 39.1. The zero-order chi connectivity index (χ0) is 23.9. The summed E-state index contributed by atoms with van der Waals surface area (Å²) in [5.41, 5.74) is -0.340. The van der Waals surface area contributed by atoms with Gasteiger partial charge < -0.3 is 5.32 Å². The van der Waals surface area contributed by atoms with Crippen LogP contribution in [-0.2, 0) is 15.8 Å².